The van der Waals surface area contributed by atoms with E-state index < -0.39 is 11.2 Å². The predicted molar refractivity (Wildman–Crippen MR) is 119 cm³/mol. The molecule has 2 amide bonds. The topological polar surface area (TPSA) is 111 Å². The maximum absolute atomic E-state index is 12.4. The van der Waals surface area contributed by atoms with Crippen LogP contribution in [0.4, 0.5) is 10.5 Å². The van der Waals surface area contributed by atoms with E-state index in [0.29, 0.717) is 29.8 Å². The summed E-state index contributed by atoms with van der Waals surface area (Å²) in [6, 6.07) is 7.05. The van der Waals surface area contributed by atoms with E-state index >= 15 is 0 Å². The molecule has 1 N–H and O–H groups in total. The van der Waals surface area contributed by atoms with Crippen molar-refractivity contribution < 1.29 is 9.59 Å². The molecule has 0 saturated carbocycles. The molecule has 0 aliphatic heterocycles. The van der Waals surface area contributed by atoms with E-state index in [4.69, 9.17) is 0 Å². The number of rotatable bonds is 6. The van der Waals surface area contributed by atoms with Gasteiger partial charge in [-0.3, -0.25) is 23.5 Å². The minimum atomic E-state index is -0.433. The zero-order valence-electron chi connectivity index (χ0n) is 17.8. The Hall–Kier alpha value is -3.34. The van der Waals surface area contributed by atoms with Gasteiger partial charge in [0, 0.05) is 51.7 Å². The van der Waals surface area contributed by atoms with Crippen molar-refractivity contribution >= 4 is 39.8 Å². The molecule has 0 unspecified atom stereocenters. The monoisotopic (exact) mass is 444 g/mol. The summed E-state index contributed by atoms with van der Waals surface area (Å²) in [7, 11) is 6.37. The highest BCUT2D eigenvalue weighted by atomic mass is 32.2. The van der Waals surface area contributed by atoms with E-state index in [1.54, 1.807) is 50.0 Å². The van der Waals surface area contributed by atoms with Gasteiger partial charge in [-0.05, 0) is 42.4 Å². The molecule has 0 saturated heterocycles. The second-order valence-corrected chi connectivity index (χ2v) is 8.28. The van der Waals surface area contributed by atoms with Gasteiger partial charge in [0.25, 0.3) is 10.8 Å². The zero-order valence-corrected chi connectivity index (χ0v) is 18.6. The number of carbonyl (C=O) groups excluding carboxylic acids is 2. The van der Waals surface area contributed by atoms with Crippen molar-refractivity contribution in [1.82, 2.24) is 23.6 Å². The third kappa shape index (κ3) is 4.88. The number of aryl methyl sites for hydroxylation is 2. The lowest BCUT2D eigenvalue weighted by molar-refractivity contribution is -0.116. The van der Waals surface area contributed by atoms with Gasteiger partial charge in [0.15, 0.2) is 11.2 Å². The van der Waals surface area contributed by atoms with Crippen molar-refractivity contribution in [2.75, 3.05) is 19.4 Å². The van der Waals surface area contributed by atoms with Gasteiger partial charge in [-0.1, -0.05) is 0 Å². The lowest BCUT2D eigenvalue weighted by Gasteiger charge is -2.10. The fraction of sp³-hybridized carbons (Fsp3) is 0.350. The lowest BCUT2D eigenvalue weighted by atomic mass is 10.2. The Morgan fingerprint density at radius 1 is 1.10 bits per heavy atom. The van der Waals surface area contributed by atoms with E-state index in [-0.39, 0.29) is 17.6 Å². The summed E-state index contributed by atoms with van der Waals surface area (Å²) in [5.41, 5.74) is 0.459. The van der Waals surface area contributed by atoms with E-state index in [9.17, 15) is 19.2 Å². The third-order valence-corrected chi connectivity index (χ3v) is 5.78. The first-order valence-corrected chi connectivity index (χ1v) is 10.4. The highest BCUT2D eigenvalue weighted by Crippen LogP contribution is 2.22. The predicted octanol–water partition coefficient (Wildman–Crippen LogP) is 1.63. The number of nitrogens with zero attached hydrogens (tertiary/aromatic N) is 5. The molecule has 164 valence electrons. The molecule has 0 aliphatic carbocycles. The zero-order chi connectivity index (χ0) is 22.7. The number of anilines is 1. The number of imidazole rings is 1. The van der Waals surface area contributed by atoms with Gasteiger partial charge < -0.3 is 14.8 Å². The Bertz CT molecular complexity index is 1240. The summed E-state index contributed by atoms with van der Waals surface area (Å²) < 4.78 is 4.04. The summed E-state index contributed by atoms with van der Waals surface area (Å²) >= 11 is 1.11. The van der Waals surface area contributed by atoms with Crippen molar-refractivity contribution in [3.8, 4) is 0 Å². The molecule has 10 nitrogen and oxygen atoms in total. The summed E-state index contributed by atoms with van der Waals surface area (Å²) in [6.45, 7) is 0.416. The number of aromatic nitrogens is 4. The first-order valence-electron chi connectivity index (χ1n) is 9.59. The molecular formula is C20H24N6O4S. The average Bonchev–Trinajstić information content (AvgIpc) is 3.16. The van der Waals surface area contributed by atoms with Gasteiger partial charge in [-0.2, -0.15) is 0 Å². The van der Waals surface area contributed by atoms with E-state index in [1.807, 2.05) is 0 Å². The molecule has 0 spiro atoms. The van der Waals surface area contributed by atoms with Crippen LogP contribution in [0.5, 0.6) is 0 Å². The number of carbonyl (C=O) groups is 2. The van der Waals surface area contributed by atoms with Gasteiger partial charge in [0.1, 0.15) is 0 Å². The van der Waals surface area contributed by atoms with Crippen molar-refractivity contribution in [2.45, 2.75) is 24.3 Å². The molecule has 11 heteroatoms. The van der Waals surface area contributed by atoms with Crippen LogP contribution in [0.25, 0.3) is 11.2 Å². The smallest absolute Gasteiger partial charge is 0.332 e. The summed E-state index contributed by atoms with van der Waals surface area (Å²) in [4.78, 5) is 54.9. The van der Waals surface area contributed by atoms with Crippen LogP contribution >= 0.6 is 11.8 Å². The van der Waals surface area contributed by atoms with E-state index in [1.165, 1.54) is 22.8 Å². The van der Waals surface area contributed by atoms with Crippen molar-refractivity contribution in [1.29, 1.82) is 0 Å². The maximum Gasteiger partial charge on any atom is 0.332 e. The molecule has 2 heterocycles. The second-order valence-electron chi connectivity index (χ2n) is 7.25. The van der Waals surface area contributed by atoms with Crippen molar-refractivity contribution in [3.05, 3.63) is 51.4 Å². The molecule has 3 aromatic rings. The average molecular weight is 445 g/mol. The number of nitrogens with one attached hydrogen (secondary N) is 1. The lowest BCUT2D eigenvalue weighted by Crippen LogP contribution is -2.37. The minimum Gasteiger partial charge on any atom is -0.339 e. The second kappa shape index (κ2) is 9.21. The largest absolute Gasteiger partial charge is 0.339 e. The van der Waals surface area contributed by atoms with Crippen LogP contribution in [0.1, 0.15) is 12.8 Å². The number of fused-ring (bicyclic) bond motifs is 1. The normalized spacial score (nSPS) is 11.0. The summed E-state index contributed by atoms with van der Waals surface area (Å²) in [5.74, 6) is -0.158. The summed E-state index contributed by atoms with van der Waals surface area (Å²) in [6.07, 6.45) is 2.25. The van der Waals surface area contributed by atoms with Gasteiger partial charge in [0.2, 0.25) is 5.91 Å². The molecule has 31 heavy (non-hydrogen) atoms. The molecule has 0 aliphatic rings. The fourth-order valence-corrected chi connectivity index (χ4v) is 3.65. The van der Waals surface area contributed by atoms with Crippen LogP contribution in [0.2, 0.25) is 0 Å². The standard InChI is InChI=1S/C20H24N6O4S/c1-23(2)20(30)31-14-9-7-13(8-10-14)22-15(27)6-5-11-26-12-21-17-16(26)18(28)25(4)19(29)24(17)3/h7-10,12H,5-6,11H2,1-4H3,(H,22,27). The van der Waals surface area contributed by atoms with Gasteiger partial charge in [-0.25, -0.2) is 9.78 Å². The first kappa shape index (κ1) is 22.3. The van der Waals surface area contributed by atoms with Gasteiger partial charge in [-0.15, -0.1) is 0 Å². The van der Waals surface area contributed by atoms with Gasteiger partial charge >= 0.3 is 5.69 Å². The highest BCUT2D eigenvalue weighted by Gasteiger charge is 2.14. The maximum atomic E-state index is 12.4. The Morgan fingerprint density at radius 3 is 2.42 bits per heavy atom. The Labute approximate surface area is 182 Å². The Morgan fingerprint density at radius 2 is 1.77 bits per heavy atom. The Balaban J connectivity index is 1.58. The summed E-state index contributed by atoms with van der Waals surface area (Å²) in [5, 5.41) is 2.75. The SMILES string of the molecule is CN(C)C(=O)Sc1ccc(NC(=O)CCCn2cnc3c2c(=O)n(C)c(=O)n3C)cc1. The molecule has 0 bridgehead atoms. The van der Waals surface area contributed by atoms with Crippen LogP contribution in [-0.4, -0.2) is 48.8 Å². The van der Waals surface area contributed by atoms with Crippen LogP contribution in [0.15, 0.2) is 45.1 Å². The van der Waals surface area contributed by atoms with Crippen molar-refractivity contribution in [2.24, 2.45) is 14.1 Å². The number of benzene rings is 1. The molecule has 3 rings (SSSR count). The fourth-order valence-electron chi connectivity index (χ4n) is 3.00. The van der Waals surface area contributed by atoms with Gasteiger partial charge in [0.05, 0.1) is 6.33 Å². The van der Waals surface area contributed by atoms with Crippen LogP contribution < -0.4 is 16.6 Å². The molecule has 0 fully saturated rings. The number of hydrogen-bond acceptors (Lipinski definition) is 6. The van der Waals surface area contributed by atoms with Crippen molar-refractivity contribution in [3.63, 3.8) is 0 Å². The molecule has 2 aromatic heterocycles. The first-order chi connectivity index (χ1) is 14.7. The quantitative estimate of drug-likeness (QED) is 0.579. The van der Waals surface area contributed by atoms with Crippen LogP contribution in [0, 0.1) is 0 Å². The molecule has 0 atom stereocenters. The number of amides is 2. The number of hydrogen-bond donors (Lipinski definition) is 1. The third-order valence-electron chi connectivity index (χ3n) is 4.73. The van der Waals surface area contributed by atoms with E-state index in [2.05, 4.69) is 10.3 Å². The molecule has 0 radical (unpaired) electrons. The van der Waals surface area contributed by atoms with Crippen LogP contribution in [0.3, 0.4) is 0 Å². The molecule has 1 aromatic carbocycles. The Kier molecular flexibility index (Phi) is 6.64. The van der Waals surface area contributed by atoms with Crippen LogP contribution in [-0.2, 0) is 25.4 Å². The highest BCUT2D eigenvalue weighted by molar-refractivity contribution is 8.13. The molecular weight excluding hydrogens is 420 g/mol. The van der Waals surface area contributed by atoms with E-state index in [0.717, 1.165) is 21.2 Å². The number of thioether (sulfide) groups is 1. The minimum absolute atomic E-state index is 0.0706.